The summed E-state index contributed by atoms with van der Waals surface area (Å²) in [6.45, 7) is 0.462. The number of rotatable bonds is 5. The summed E-state index contributed by atoms with van der Waals surface area (Å²) in [5, 5.41) is 12.9. The Morgan fingerprint density at radius 3 is 2.68 bits per heavy atom. The van der Waals surface area contributed by atoms with Gasteiger partial charge in [-0.1, -0.05) is 23.7 Å². The number of anilines is 1. The first-order chi connectivity index (χ1) is 11.9. The molecule has 0 bridgehead atoms. The quantitative estimate of drug-likeness (QED) is 0.701. The van der Waals surface area contributed by atoms with Crippen LogP contribution in [0.3, 0.4) is 0 Å². The Morgan fingerprint density at radius 1 is 1.40 bits per heavy atom. The first kappa shape index (κ1) is 17.0. The molecule has 0 unspecified atom stereocenters. The van der Waals surface area contributed by atoms with E-state index < -0.39 is 17.5 Å². The third-order valence-corrected chi connectivity index (χ3v) is 3.87. The number of fused-ring (bicyclic) bond motifs is 1. The Kier molecular flexibility index (Phi) is 4.45. The number of hydrogen-bond donors (Lipinski definition) is 1. The summed E-state index contributed by atoms with van der Waals surface area (Å²) in [6.07, 6.45) is 0. The van der Waals surface area contributed by atoms with E-state index in [1.54, 1.807) is 19.1 Å². The maximum Gasteiger partial charge on any atom is 0.344 e. The van der Waals surface area contributed by atoms with Crippen LogP contribution >= 0.6 is 11.6 Å². The maximum absolute atomic E-state index is 13.9. The highest BCUT2D eigenvalue weighted by molar-refractivity contribution is 6.29. The van der Waals surface area contributed by atoms with Crippen molar-refractivity contribution in [3.05, 3.63) is 52.6 Å². The molecule has 0 atom stereocenters. The summed E-state index contributed by atoms with van der Waals surface area (Å²) in [5.74, 6) is -1.41. The molecule has 7 nitrogen and oxygen atoms in total. The van der Waals surface area contributed by atoms with Gasteiger partial charge in [-0.15, -0.1) is 5.10 Å². The molecule has 0 aliphatic rings. The van der Waals surface area contributed by atoms with Gasteiger partial charge in [0.15, 0.2) is 11.2 Å². The highest BCUT2D eigenvalue weighted by atomic mass is 35.5. The molecule has 1 aromatic carbocycles. The lowest BCUT2D eigenvalue weighted by atomic mass is 10.2. The van der Waals surface area contributed by atoms with Crippen molar-refractivity contribution in [2.24, 2.45) is 0 Å². The summed E-state index contributed by atoms with van der Waals surface area (Å²) in [5.41, 5.74) is 0.214. The lowest BCUT2D eigenvalue weighted by Gasteiger charge is -2.20. The van der Waals surface area contributed by atoms with Crippen LogP contribution in [-0.2, 0) is 6.54 Å². The molecule has 3 aromatic rings. The van der Waals surface area contributed by atoms with E-state index in [1.165, 1.54) is 6.07 Å². The molecule has 3 rings (SSSR count). The van der Waals surface area contributed by atoms with E-state index in [0.29, 0.717) is 12.4 Å². The summed E-state index contributed by atoms with van der Waals surface area (Å²) < 4.78 is 20.2. The lowest BCUT2D eigenvalue weighted by Crippen LogP contribution is -2.20. The molecule has 0 saturated heterocycles. The van der Waals surface area contributed by atoms with Gasteiger partial charge in [0.05, 0.1) is 7.11 Å². The van der Waals surface area contributed by atoms with E-state index in [-0.39, 0.29) is 10.8 Å². The van der Waals surface area contributed by atoms with Crippen LogP contribution in [0.4, 0.5) is 10.2 Å². The van der Waals surface area contributed by atoms with Crippen LogP contribution in [0.25, 0.3) is 5.65 Å². The van der Waals surface area contributed by atoms with Crippen LogP contribution < -0.4 is 9.64 Å². The van der Waals surface area contributed by atoms with Crippen LogP contribution in [0.1, 0.15) is 15.9 Å². The van der Waals surface area contributed by atoms with E-state index >= 15 is 0 Å². The van der Waals surface area contributed by atoms with Crippen molar-refractivity contribution < 1.29 is 19.0 Å². The summed E-state index contributed by atoms with van der Waals surface area (Å²) >= 11 is 5.99. The van der Waals surface area contributed by atoms with Crippen molar-refractivity contribution in [2.45, 2.75) is 6.54 Å². The molecule has 0 spiro atoms. The zero-order valence-corrected chi connectivity index (χ0v) is 14.2. The number of aromatic carboxylic acids is 1. The van der Waals surface area contributed by atoms with E-state index in [0.717, 1.165) is 15.8 Å². The van der Waals surface area contributed by atoms with Gasteiger partial charge in [-0.05, 0) is 17.7 Å². The molecule has 25 heavy (non-hydrogen) atoms. The Labute approximate surface area is 147 Å². The highest BCUT2D eigenvalue weighted by Crippen LogP contribution is 2.24. The standard InChI is InChI=1S/C16H14ClFN4O3/c1-21(8-9-3-5-10(25-2)6-4-9)12-7-11(17)19-15-13(16(23)24)14(18)20-22(12)15/h3-7H,8H2,1-2H3,(H,23,24). The predicted octanol–water partition coefficient (Wildman–Crippen LogP) is 2.87. The van der Waals surface area contributed by atoms with E-state index in [4.69, 9.17) is 21.4 Å². The van der Waals surface area contributed by atoms with Gasteiger partial charge in [0.2, 0.25) is 5.95 Å². The fraction of sp³-hybridized carbons (Fsp3) is 0.188. The van der Waals surface area contributed by atoms with Crippen LogP contribution in [0.15, 0.2) is 30.3 Å². The van der Waals surface area contributed by atoms with E-state index in [9.17, 15) is 9.18 Å². The Hall–Kier alpha value is -2.87. The van der Waals surface area contributed by atoms with Gasteiger partial charge in [-0.25, -0.2) is 9.78 Å². The Morgan fingerprint density at radius 2 is 2.08 bits per heavy atom. The second-order valence-corrected chi connectivity index (χ2v) is 5.73. The van der Waals surface area contributed by atoms with Crippen molar-refractivity contribution in [3.8, 4) is 5.75 Å². The van der Waals surface area contributed by atoms with Crippen LogP contribution in [0.2, 0.25) is 5.15 Å². The molecule has 0 amide bonds. The summed E-state index contributed by atoms with van der Waals surface area (Å²) in [6, 6.07) is 8.93. The lowest BCUT2D eigenvalue weighted by molar-refractivity contribution is 0.0693. The molecule has 2 aromatic heterocycles. The van der Waals surface area contributed by atoms with Crippen molar-refractivity contribution in [1.82, 2.24) is 14.6 Å². The number of ether oxygens (including phenoxy) is 1. The van der Waals surface area contributed by atoms with E-state index in [2.05, 4.69) is 10.1 Å². The fourth-order valence-corrected chi connectivity index (χ4v) is 2.67. The van der Waals surface area contributed by atoms with Gasteiger partial charge in [0.1, 0.15) is 16.7 Å². The summed E-state index contributed by atoms with van der Waals surface area (Å²) in [4.78, 5) is 16.9. The van der Waals surface area contributed by atoms with Gasteiger partial charge in [-0.2, -0.15) is 8.91 Å². The van der Waals surface area contributed by atoms with Crippen LogP contribution in [0, 0.1) is 5.95 Å². The summed E-state index contributed by atoms with van der Waals surface area (Å²) in [7, 11) is 3.35. The number of aromatic nitrogens is 3. The third-order valence-electron chi connectivity index (χ3n) is 3.68. The monoisotopic (exact) mass is 364 g/mol. The zero-order valence-electron chi connectivity index (χ0n) is 13.4. The molecular weight excluding hydrogens is 351 g/mol. The molecular formula is C16H14ClFN4O3. The first-order valence-corrected chi connectivity index (χ1v) is 7.60. The average molecular weight is 365 g/mol. The minimum Gasteiger partial charge on any atom is -0.497 e. The Balaban J connectivity index is 2.01. The topological polar surface area (TPSA) is 80.0 Å². The van der Waals surface area contributed by atoms with Crippen molar-refractivity contribution in [1.29, 1.82) is 0 Å². The van der Waals surface area contributed by atoms with Gasteiger partial charge in [-0.3, -0.25) is 0 Å². The smallest absolute Gasteiger partial charge is 0.344 e. The minimum atomic E-state index is -1.45. The van der Waals surface area contributed by atoms with Gasteiger partial charge < -0.3 is 14.7 Å². The number of benzene rings is 1. The fourth-order valence-electron chi connectivity index (χ4n) is 2.49. The predicted molar refractivity (Wildman–Crippen MR) is 90.0 cm³/mol. The number of methoxy groups -OCH3 is 1. The number of carboxylic acids is 1. The molecule has 9 heteroatoms. The van der Waals surface area contributed by atoms with Crippen LogP contribution in [0.5, 0.6) is 5.75 Å². The van der Waals surface area contributed by atoms with Crippen LogP contribution in [-0.4, -0.2) is 39.8 Å². The third kappa shape index (κ3) is 3.20. The molecule has 2 heterocycles. The number of carbonyl (C=O) groups is 1. The zero-order chi connectivity index (χ0) is 18.1. The Bertz CT molecular complexity index is 943. The number of carboxylic acid groups (broad SMARTS) is 1. The minimum absolute atomic E-state index is 0.0477. The van der Waals surface area contributed by atoms with Crippen molar-refractivity contribution >= 4 is 29.0 Å². The molecule has 130 valence electrons. The molecule has 0 radical (unpaired) electrons. The molecule has 0 saturated carbocycles. The largest absolute Gasteiger partial charge is 0.497 e. The van der Waals surface area contributed by atoms with Gasteiger partial charge >= 0.3 is 5.97 Å². The van der Waals surface area contributed by atoms with E-state index in [1.807, 2.05) is 24.3 Å². The SMILES string of the molecule is COc1ccc(CN(C)c2cc(Cl)nc3c(C(=O)O)c(F)nn23)cc1. The first-order valence-electron chi connectivity index (χ1n) is 7.23. The number of nitrogens with zero attached hydrogens (tertiary/aromatic N) is 4. The maximum atomic E-state index is 13.9. The number of hydrogen-bond acceptors (Lipinski definition) is 5. The highest BCUT2D eigenvalue weighted by Gasteiger charge is 2.23. The molecule has 0 fully saturated rings. The average Bonchev–Trinajstić information content (AvgIpc) is 2.90. The van der Waals surface area contributed by atoms with Gasteiger partial charge in [0.25, 0.3) is 0 Å². The molecule has 0 aliphatic carbocycles. The second kappa shape index (κ2) is 6.56. The van der Waals surface area contributed by atoms with Crippen molar-refractivity contribution in [3.63, 3.8) is 0 Å². The normalized spacial score (nSPS) is 10.9. The molecule has 1 N–H and O–H groups in total. The number of halogens is 2. The van der Waals surface area contributed by atoms with Gasteiger partial charge in [0, 0.05) is 19.7 Å². The molecule has 0 aliphatic heterocycles. The second-order valence-electron chi connectivity index (χ2n) is 5.35. The van der Waals surface area contributed by atoms with Crippen molar-refractivity contribution in [2.75, 3.05) is 19.1 Å².